The number of methoxy groups -OCH3 is 2. The number of amides is 2. The second-order valence-electron chi connectivity index (χ2n) is 11.0. The van der Waals surface area contributed by atoms with Crippen molar-refractivity contribution in [3.05, 3.63) is 125 Å². The average molecular weight is 659 g/mol. The number of benzene rings is 4. The summed E-state index contributed by atoms with van der Waals surface area (Å²) in [6.07, 6.45) is 7.61. The van der Waals surface area contributed by atoms with Crippen molar-refractivity contribution >= 4 is 47.5 Å². The summed E-state index contributed by atoms with van der Waals surface area (Å²) in [6, 6.07) is 28.0. The van der Waals surface area contributed by atoms with Crippen LogP contribution in [-0.2, 0) is 9.59 Å². The van der Waals surface area contributed by atoms with E-state index in [-0.39, 0.29) is 25.0 Å². The molecule has 0 radical (unpaired) electrons. The predicted octanol–water partition coefficient (Wildman–Crippen LogP) is 7.42. The number of anilines is 2. The van der Waals surface area contributed by atoms with Gasteiger partial charge in [-0.3, -0.25) is 14.7 Å². The molecule has 10 nitrogen and oxygen atoms in total. The van der Waals surface area contributed by atoms with E-state index in [0.717, 1.165) is 45.0 Å². The Hall–Kier alpha value is -6.29. The van der Waals surface area contributed by atoms with Crippen LogP contribution in [0.3, 0.4) is 0 Å². The molecule has 0 bridgehead atoms. The summed E-state index contributed by atoms with van der Waals surface area (Å²) in [5, 5.41) is 13.1. The number of H-pyrrole nitrogens is 1. The molecule has 5 rings (SSSR count). The topological polar surface area (TPSA) is 124 Å². The van der Waals surface area contributed by atoms with E-state index in [4.69, 9.17) is 18.9 Å². The molecule has 0 aliphatic rings. The van der Waals surface area contributed by atoms with Gasteiger partial charge in [0.15, 0.2) is 36.2 Å². The zero-order valence-electron chi connectivity index (χ0n) is 27.8. The lowest BCUT2D eigenvalue weighted by molar-refractivity contribution is -0.118. The number of ether oxygens (including phenoxy) is 4. The Morgan fingerprint density at radius 2 is 1.12 bits per heavy atom. The third-order valence-corrected chi connectivity index (χ3v) is 7.45. The van der Waals surface area contributed by atoms with Crippen molar-refractivity contribution in [1.29, 1.82) is 0 Å². The molecule has 0 atom stereocenters. The van der Waals surface area contributed by atoms with Gasteiger partial charge in [0.05, 0.1) is 25.6 Å². The number of carbonyl (C=O) groups is 2. The molecule has 4 aromatic carbocycles. The third-order valence-electron chi connectivity index (χ3n) is 7.45. The molecule has 0 saturated carbocycles. The van der Waals surface area contributed by atoms with Gasteiger partial charge in [-0.25, -0.2) is 0 Å². The largest absolute Gasteiger partial charge is 0.493 e. The molecule has 250 valence electrons. The van der Waals surface area contributed by atoms with Crippen LogP contribution in [0.2, 0.25) is 0 Å². The number of nitrogens with one attached hydrogen (secondary N) is 3. The van der Waals surface area contributed by atoms with Gasteiger partial charge in [0.2, 0.25) is 0 Å². The highest BCUT2D eigenvalue weighted by Crippen LogP contribution is 2.30. The predicted molar refractivity (Wildman–Crippen MR) is 193 cm³/mol. The first-order valence-corrected chi connectivity index (χ1v) is 15.6. The highest BCUT2D eigenvalue weighted by atomic mass is 16.5. The molecule has 10 heteroatoms. The van der Waals surface area contributed by atoms with Crippen molar-refractivity contribution in [3.63, 3.8) is 0 Å². The van der Waals surface area contributed by atoms with Crippen LogP contribution in [0.25, 0.3) is 24.3 Å². The van der Waals surface area contributed by atoms with E-state index in [1.165, 1.54) is 0 Å². The zero-order valence-corrected chi connectivity index (χ0v) is 27.8. The van der Waals surface area contributed by atoms with E-state index < -0.39 is 0 Å². The van der Waals surface area contributed by atoms with E-state index in [0.29, 0.717) is 23.0 Å². The van der Waals surface area contributed by atoms with E-state index >= 15 is 0 Å². The minimum absolute atomic E-state index is 0.150. The van der Waals surface area contributed by atoms with Gasteiger partial charge in [-0.15, -0.1) is 0 Å². The zero-order chi connectivity index (χ0) is 34.6. The van der Waals surface area contributed by atoms with Gasteiger partial charge >= 0.3 is 0 Å². The number of para-hydroxylation sites is 2. The minimum Gasteiger partial charge on any atom is -0.493 e. The Bertz CT molecular complexity index is 1840. The second-order valence-corrected chi connectivity index (χ2v) is 11.0. The highest BCUT2D eigenvalue weighted by molar-refractivity contribution is 5.93. The van der Waals surface area contributed by atoms with Crippen LogP contribution in [0.1, 0.15) is 33.6 Å². The number of hydrogen-bond acceptors (Lipinski definition) is 7. The first-order chi connectivity index (χ1) is 23.8. The van der Waals surface area contributed by atoms with Crippen LogP contribution >= 0.6 is 0 Å². The number of aromatic nitrogens is 2. The molecule has 0 aliphatic carbocycles. The number of hydrogen-bond donors (Lipinski definition) is 3. The molecule has 1 aromatic heterocycles. The Morgan fingerprint density at radius 1 is 0.633 bits per heavy atom. The summed E-state index contributed by atoms with van der Waals surface area (Å²) in [5.41, 5.74) is 6.73. The maximum Gasteiger partial charge on any atom is 0.262 e. The lowest BCUT2D eigenvalue weighted by Crippen LogP contribution is -2.20. The number of aromatic amines is 1. The first kappa shape index (κ1) is 34.1. The van der Waals surface area contributed by atoms with Crippen molar-refractivity contribution < 1.29 is 28.5 Å². The Morgan fingerprint density at radius 3 is 1.61 bits per heavy atom. The lowest BCUT2D eigenvalue weighted by atomic mass is 10.1. The molecular formula is C39H38N4O6. The van der Waals surface area contributed by atoms with Crippen molar-refractivity contribution in [2.24, 2.45) is 0 Å². The van der Waals surface area contributed by atoms with Crippen molar-refractivity contribution in [2.45, 2.75) is 13.8 Å². The summed E-state index contributed by atoms with van der Waals surface area (Å²) in [6.45, 7) is 3.56. The molecule has 2 amide bonds. The molecule has 49 heavy (non-hydrogen) atoms. The van der Waals surface area contributed by atoms with E-state index in [9.17, 15) is 9.59 Å². The monoisotopic (exact) mass is 658 g/mol. The minimum atomic E-state index is -0.260. The second kappa shape index (κ2) is 16.5. The fraction of sp³-hybridized carbons (Fsp3) is 0.154. The maximum absolute atomic E-state index is 12.4. The molecule has 1 heterocycles. The maximum atomic E-state index is 12.4. The summed E-state index contributed by atoms with van der Waals surface area (Å²) in [4.78, 5) is 24.8. The van der Waals surface area contributed by atoms with Crippen LogP contribution in [-0.4, -0.2) is 49.4 Å². The Labute approximate surface area is 285 Å². The fourth-order valence-electron chi connectivity index (χ4n) is 4.79. The van der Waals surface area contributed by atoms with Gasteiger partial charge < -0.3 is 29.6 Å². The fourth-order valence-corrected chi connectivity index (χ4v) is 4.79. The highest BCUT2D eigenvalue weighted by Gasteiger charge is 2.11. The summed E-state index contributed by atoms with van der Waals surface area (Å²) in [5.74, 6) is 1.43. The van der Waals surface area contributed by atoms with Crippen molar-refractivity contribution in [3.8, 4) is 23.0 Å². The first-order valence-electron chi connectivity index (χ1n) is 15.6. The van der Waals surface area contributed by atoms with E-state index in [2.05, 4.69) is 20.8 Å². The lowest BCUT2D eigenvalue weighted by Gasteiger charge is -2.12. The van der Waals surface area contributed by atoms with Crippen LogP contribution < -0.4 is 29.6 Å². The molecule has 0 aliphatic heterocycles. The van der Waals surface area contributed by atoms with Gasteiger partial charge in [0.25, 0.3) is 11.8 Å². The SMILES string of the molecule is COc1cc(/C=C/c2cc(/C=C/c3ccc(OCC(=O)Nc4ccccc4C)c(OC)c3)[nH]n2)ccc1OCC(=O)Nc1ccccc1C. The van der Waals surface area contributed by atoms with E-state index in [1.54, 1.807) is 26.4 Å². The summed E-state index contributed by atoms with van der Waals surface area (Å²) in [7, 11) is 3.11. The van der Waals surface area contributed by atoms with Gasteiger partial charge in [-0.1, -0.05) is 60.7 Å². The van der Waals surface area contributed by atoms with Crippen LogP contribution in [0, 0.1) is 13.8 Å². The standard InChI is InChI=1S/C39H38N4O6/c1-26-9-5-7-11-32(26)40-38(44)24-48-34-19-15-28(21-36(34)46-3)13-17-30-23-31(43-42-30)18-14-29-16-20-35(37(22-29)47-4)49-25-39(45)41-33-12-8-6-10-27(33)2/h5-23H,24-25H2,1-4H3,(H,40,44)(H,41,45)(H,42,43)/b17-13+,18-14+. The smallest absolute Gasteiger partial charge is 0.262 e. The van der Waals surface area contributed by atoms with Crippen molar-refractivity contribution in [2.75, 3.05) is 38.1 Å². The molecule has 3 N–H and O–H groups in total. The third kappa shape index (κ3) is 9.61. The van der Waals surface area contributed by atoms with Crippen LogP contribution in [0.15, 0.2) is 91.0 Å². The molecule has 0 saturated heterocycles. The number of rotatable bonds is 14. The number of carbonyl (C=O) groups excluding carboxylic acids is 2. The molecular weight excluding hydrogens is 620 g/mol. The van der Waals surface area contributed by atoms with Gasteiger partial charge in [0.1, 0.15) is 0 Å². The van der Waals surface area contributed by atoms with Gasteiger partial charge in [0, 0.05) is 11.4 Å². The van der Waals surface area contributed by atoms with Crippen LogP contribution in [0.4, 0.5) is 11.4 Å². The van der Waals surface area contributed by atoms with Gasteiger partial charge in [-0.2, -0.15) is 5.10 Å². The Balaban J connectivity index is 1.14. The van der Waals surface area contributed by atoms with Gasteiger partial charge in [-0.05, 0) is 90.7 Å². The number of nitrogens with zero attached hydrogens (tertiary/aromatic N) is 1. The number of aryl methyl sites for hydroxylation is 2. The van der Waals surface area contributed by atoms with E-state index in [1.807, 2.05) is 117 Å². The molecule has 0 fully saturated rings. The normalized spacial score (nSPS) is 11.0. The average Bonchev–Trinajstić information content (AvgIpc) is 3.58. The molecule has 5 aromatic rings. The Kier molecular flexibility index (Phi) is 11.5. The van der Waals surface area contributed by atoms with Crippen LogP contribution in [0.5, 0.6) is 23.0 Å². The quantitative estimate of drug-likeness (QED) is 0.113. The van der Waals surface area contributed by atoms with Crippen molar-refractivity contribution in [1.82, 2.24) is 10.2 Å². The summed E-state index contributed by atoms with van der Waals surface area (Å²) < 4.78 is 22.5. The molecule has 0 unspecified atom stereocenters. The molecule has 0 spiro atoms. The summed E-state index contributed by atoms with van der Waals surface area (Å²) >= 11 is 0.